The Labute approximate surface area is 166 Å². The molecule has 0 aliphatic rings. The van der Waals surface area contributed by atoms with Crippen LogP contribution in [0.2, 0.25) is 0 Å². The number of carbonyl (C=O) groups is 2. The second kappa shape index (κ2) is 9.80. The molecule has 0 aliphatic carbocycles. The summed E-state index contributed by atoms with van der Waals surface area (Å²) in [6.07, 6.45) is 1.07. The monoisotopic (exact) mass is 399 g/mol. The lowest BCUT2D eigenvalue weighted by Crippen LogP contribution is -2.30. The number of thiophene rings is 1. The highest BCUT2D eigenvalue weighted by Crippen LogP contribution is 2.21. The molecule has 2 aromatic heterocycles. The van der Waals surface area contributed by atoms with Crippen molar-refractivity contribution in [3.63, 3.8) is 0 Å². The minimum Gasteiger partial charge on any atom is -0.456 e. The first kappa shape index (κ1) is 19.8. The normalized spacial score (nSPS) is 10.6. The maximum atomic E-state index is 11.8. The number of hydrogen-bond acceptors (Lipinski definition) is 7. The number of hydrogen-bond donors (Lipinski definition) is 1. The van der Waals surface area contributed by atoms with Crippen LogP contribution in [-0.4, -0.2) is 35.2 Å². The summed E-state index contributed by atoms with van der Waals surface area (Å²) in [5, 5.41) is 8.56. The summed E-state index contributed by atoms with van der Waals surface area (Å²) in [6, 6.07) is 11.8. The zero-order valence-electron chi connectivity index (χ0n) is 15.5. The van der Waals surface area contributed by atoms with E-state index in [9.17, 15) is 9.59 Å². The van der Waals surface area contributed by atoms with E-state index in [-0.39, 0.29) is 25.4 Å². The van der Waals surface area contributed by atoms with Gasteiger partial charge in [-0.3, -0.25) is 9.59 Å². The maximum absolute atomic E-state index is 11.8. The molecule has 0 bridgehead atoms. The van der Waals surface area contributed by atoms with Crippen LogP contribution in [0.1, 0.15) is 23.4 Å². The minimum absolute atomic E-state index is 0.0720. The molecule has 0 atom stereocenters. The lowest BCUT2D eigenvalue weighted by molar-refractivity contribution is -0.148. The van der Waals surface area contributed by atoms with E-state index in [0.717, 1.165) is 11.3 Å². The van der Waals surface area contributed by atoms with Crippen LogP contribution in [0, 0.1) is 6.92 Å². The fourth-order valence-corrected chi connectivity index (χ4v) is 3.22. The van der Waals surface area contributed by atoms with Gasteiger partial charge < -0.3 is 14.6 Å². The number of esters is 1. The Morgan fingerprint density at radius 3 is 2.82 bits per heavy atom. The molecule has 1 N–H and O–H groups in total. The van der Waals surface area contributed by atoms with Crippen molar-refractivity contribution in [2.75, 3.05) is 13.2 Å². The molecule has 146 valence electrons. The van der Waals surface area contributed by atoms with Crippen LogP contribution in [0.15, 0.2) is 46.3 Å². The zero-order chi connectivity index (χ0) is 19.8. The minimum atomic E-state index is -0.482. The number of aromatic nitrogens is 2. The topological polar surface area (TPSA) is 94.3 Å². The first-order valence-electron chi connectivity index (χ1n) is 8.95. The van der Waals surface area contributed by atoms with E-state index in [0.29, 0.717) is 18.3 Å². The molecular formula is C20H21N3O4S. The highest BCUT2D eigenvalue weighted by Gasteiger charge is 2.13. The van der Waals surface area contributed by atoms with Gasteiger partial charge in [0, 0.05) is 13.0 Å². The van der Waals surface area contributed by atoms with Gasteiger partial charge in [-0.2, -0.15) is 4.98 Å². The van der Waals surface area contributed by atoms with E-state index in [1.807, 2.05) is 48.7 Å². The van der Waals surface area contributed by atoms with Gasteiger partial charge in [0.2, 0.25) is 11.7 Å². The Kier molecular flexibility index (Phi) is 6.91. The molecule has 0 spiro atoms. The lowest BCUT2D eigenvalue weighted by Gasteiger charge is -2.08. The summed E-state index contributed by atoms with van der Waals surface area (Å²) in [6.45, 7) is 2.23. The molecule has 3 aromatic rings. The molecule has 1 amide bonds. The standard InChI is InChI=1S/C20H21N3O4S/c1-14-5-2-3-6-15(14)10-11-21-17(24)13-26-19(25)9-8-18-22-20(23-27-18)16-7-4-12-28-16/h2-7,12H,8-11,13H2,1H3,(H,21,24). The average Bonchev–Trinajstić information content (AvgIpc) is 3.38. The van der Waals surface area contributed by atoms with Crippen molar-refractivity contribution in [3.8, 4) is 10.7 Å². The fraction of sp³-hybridized carbons (Fsp3) is 0.300. The Hall–Kier alpha value is -3.00. The molecule has 1 aromatic carbocycles. The highest BCUT2D eigenvalue weighted by molar-refractivity contribution is 7.13. The predicted molar refractivity (Wildman–Crippen MR) is 105 cm³/mol. The summed E-state index contributed by atoms with van der Waals surface area (Å²) in [5.74, 6) is 0.0686. The summed E-state index contributed by atoms with van der Waals surface area (Å²) < 4.78 is 10.1. The van der Waals surface area contributed by atoms with Gasteiger partial charge in [-0.25, -0.2) is 0 Å². The molecule has 2 heterocycles. The first-order valence-corrected chi connectivity index (χ1v) is 9.83. The van der Waals surface area contributed by atoms with Crippen molar-refractivity contribution < 1.29 is 18.8 Å². The molecular weight excluding hydrogens is 378 g/mol. The van der Waals surface area contributed by atoms with Crippen LogP contribution >= 0.6 is 11.3 Å². The molecule has 0 unspecified atom stereocenters. The Bertz CT molecular complexity index is 921. The van der Waals surface area contributed by atoms with Crippen molar-refractivity contribution in [2.45, 2.75) is 26.2 Å². The number of rotatable bonds is 9. The summed E-state index contributed by atoms with van der Waals surface area (Å²) in [4.78, 5) is 28.8. The van der Waals surface area contributed by atoms with Crippen molar-refractivity contribution in [1.82, 2.24) is 15.5 Å². The van der Waals surface area contributed by atoms with Crippen molar-refractivity contribution >= 4 is 23.2 Å². The van der Waals surface area contributed by atoms with Gasteiger partial charge in [-0.1, -0.05) is 35.5 Å². The molecule has 0 saturated heterocycles. The summed E-state index contributed by atoms with van der Waals surface area (Å²) in [5.41, 5.74) is 2.37. The largest absolute Gasteiger partial charge is 0.456 e. The van der Waals surface area contributed by atoms with Gasteiger partial charge in [0.25, 0.3) is 5.91 Å². The fourth-order valence-electron chi connectivity index (χ4n) is 2.57. The lowest BCUT2D eigenvalue weighted by atomic mass is 10.1. The second-order valence-corrected chi connectivity index (χ2v) is 7.12. The Morgan fingerprint density at radius 2 is 2.04 bits per heavy atom. The third kappa shape index (κ3) is 5.75. The molecule has 3 rings (SSSR count). The molecule has 28 heavy (non-hydrogen) atoms. The predicted octanol–water partition coefficient (Wildman–Crippen LogP) is 2.94. The molecule has 8 heteroatoms. The maximum Gasteiger partial charge on any atom is 0.306 e. The van der Waals surface area contributed by atoms with Crippen LogP contribution in [0.25, 0.3) is 10.7 Å². The third-order valence-corrected chi connectivity index (χ3v) is 4.96. The van der Waals surface area contributed by atoms with Crippen LogP contribution in [-0.2, 0) is 27.2 Å². The van der Waals surface area contributed by atoms with Gasteiger partial charge >= 0.3 is 5.97 Å². The van der Waals surface area contributed by atoms with Crippen molar-refractivity contribution in [3.05, 3.63) is 58.8 Å². The van der Waals surface area contributed by atoms with E-state index in [4.69, 9.17) is 9.26 Å². The number of amides is 1. The zero-order valence-corrected chi connectivity index (χ0v) is 16.3. The quantitative estimate of drug-likeness (QED) is 0.556. The number of carbonyl (C=O) groups excluding carboxylic acids is 2. The number of benzene rings is 1. The smallest absolute Gasteiger partial charge is 0.306 e. The van der Waals surface area contributed by atoms with Gasteiger partial charge in [-0.15, -0.1) is 11.3 Å². The van der Waals surface area contributed by atoms with Crippen LogP contribution in [0.4, 0.5) is 0 Å². The first-order chi connectivity index (χ1) is 13.6. The Morgan fingerprint density at radius 1 is 1.18 bits per heavy atom. The molecule has 0 saturated carbocycles. The molecule has 0 radical (unpaired) electrons. The number of nitrogens with zero attached hydrogens (tertiary/aromatic N) is 2. The van der Waals surface area contributed by atoms with Gasteiger partial charge in [0.15, 0.2) is 6.61 Å². The van der Waals surface area contributed by atoms with E-state index in [2.05, 4.69) is 15.5 Å². The summed E-state index contributed by atoms with van der Waals surface area (Å²) >= 11 is 1.51. The Balaban J connectivity index is 1.33. The number of aryl methyl sites for hydroxylation is 2. The van der Waals surface area contributed by atoms with Crippen molar-refractivity contribution in [1.29, 1.82) is 0 Å². The third-order valence-electron chi connectivity index (χ3n) is 4.09. The van der Waals surface area contributed by atoms with E-state index < -0.39 is 5.97 Å². The van der Waals surface area contributed by atoms with E-state index >= 15 is 0 Å². The van der Waals surface area contributed by atoms with E-state index in [1.165, 1.54) is 22.5 Å². The molecule has 0 fully saturated rings. The van der Waals surface area contributed by atoms with E-state index in [1.54, 1.807) is 0 Å². The second-order valence-electron chi connectivity index (χ2n) is 6.18. The molecule has 0 aliphatic heterocycles. The number of nitrogens with one attached hydrogen (secondary N) is 1. The van der Waals surface area contributed by atoms with Crippen molar-refractivity contribution in [2.24, 2.45) is 0 Å². The van der Waals surface area contributed by atoms with Gasteiger partial charge in [0.05, 0.1) is 11.3 Å². The van der Waals surface area contributed by atoms with Crippen LogP contribution < -0.4 is 5.32 Å². The summed E-state index contributed by atoms with van der Waals surface area (Å²) in [7, 11) is 0. The molecule has 7 nitrogen and oxygen atoms in total. The number of ether oxygens (including phenoxy) is 1. The average molecular weight is 399 g/mol. The van der Waals surface area contributed by atoms with Crippen LogP contribution in [0.3, 0.4) is 0 Å². The van der Waals surface area contributed by atoms with Crippen LogP contribution in [0.5, 0.6) is 0 Å². The SMILES string of the molecule is Cc1ccccc1CCNC(=O)COC(=O)CCc1nc(-c2cccs2)no1. The highest BCUT2D eigenvalue weighted by atomic mass is 32.1. The van der Waals surface area contributed by atoms with Gasteiger partial charge in [0.1, 0.15) is 0 Å². The van der Waals surface area contributed by atoms with Gasteiger partial charge in [-0.05, 0) is 35.9 Å².